The van der Waals surface area contributed by atoms with E-state index >= 15 is 0 Å². The highest BCUT2D eigenvalue weighted by molar-refractivity contribution is 14.1. The van der Waals surface area contributed by atoms with Crippen molar-refractivity contribution in [2.24, 2.45) is 0 Å². The Morgan fingerprint density at radius 2 is 2.42 bits per heavy atom. The predicted octanol–water partition coefficient (Wildman–Crippen LogP) is 2.26. The number of halogens is 1. The second kappa shape index (κ2) is 4.59. The molecule has 1 rings (SSSR count). The van der Waals surface area contributed by atoms with E-state index in [2.05, 4.69) is 39.5 Å². The smallest absolute Gasteiger partial charge is 0.230 e. The van der Waals surface area contributed by atoms with E-state index < -0.39 is 0 Å². The van der Waals surface area contributed by atoms with E-state index in [4.69, 9.17) is 4.74 Å². The maximum Gasteiger partial charge on any atom is 0.230 e. The summed E-state index contributed by atoms with van der Waals surface area (Å²) in [6, 6.07) is 0. The molecule has 0 fully saturated rings. The molecule has 0 spiro atoms. The summed E-state index contributed by atoms with van der Waals surface area (Å²) in [6.07, 6.45) is 4.44. The van der Waals surface area contributed by atoms with Crippen molar-refractivity contribution in [3.05, 3.63) is 16.1 Å². The van der Waals surface area contributed by atoms with Gasteiger partial charge in [0.25, 0.3) is 0 Å². The topological polar surface area (TPSA) is 35.0 Å². The number of aromatic nitrogens is 2. The van der Waals surface area contributed by atoms with E-state index in [1.165, 1.54) is 6.33 Å². The number of rotatable bonds is 3. The second-order valence-corrected chi connectivity index (χ2v) is 3.67. The normalized spacial score (nSPS) is 12.6. The van der Waals surface area contributed by atoms with Crippen molar-refractivity contribution in [3.8, 4) is 5.88 Å². The molecule has 0 saturated carbocycles. The summed E-state index contributed by atoms with van der Waals surface area (Å²) < 4.78 is 6.49. The minimum atomic E-state index is 0.216. The molecule has 0 aliphatic heterocycles. The lowest BCUT2D eigenvalue weighted by atomic mass is 10.3. The molecule has 0 radical (unpaired) electrons. The molecule has 66 valence electrons. The minimum absolute atomic E-state index is 0.216. The molecule has 0 N–H and O–H groups in total. The van der Waals surface area contributed by atoms with Crippen LogP contribution >= 0.6 is 22.6 Å². The SMILES string of the molecule is CCC(C)Oc1ncncc1I. The Morgan fingerprint density at radius 1 is 1.67 bits per heavy atom. The summed E-state index contributed by atoms with van der Waals surface area (Å²) >= 11 is 2.16. The third kappa shape index (κ3) is 2.58. The van der Waals surface area contributed by atoms with E-state index in [0.29, 0.717) is 5.88 Å². The summed E-state index contributed by atoms with van der Waals surface area (Å²) in [4.78, 5) is 7.90. The van der Waals surface area contributed by atoms with Gasteiger partial charge in [0, 0.05) is 6.20 Å². The Bertz CT molecular complexity index is 255. The molecule has 12 heavy (non-hydrogen) atoms. The third-order valence-electron chi connectivity index (χ3n) is 1.52. The van der Waals surface area contributed by atoms with Gasteiger partial charge < -0.3 is 4.74 Å². The van der Waals surface area contributed by atoms with Gasteiger partial charge in [-0.2, -0.15) is 0 Å². The molecule has 0 amide bonds. The second-order valence-electron chi connectivity index (χ2n) is 2.51. The molecule has 0 aliphatic carbocycles. The standard InChI is InChI=1S/C8H11IN2O/c1-3-6(2)12-8-7(9)4-10-5-11-8/h4-6H,3H2,1-2H3. The van der Waals surface area contributed by atoms with E-state index in [1.54, 1.807) is 6.20 Å². The molecule has 1 atom stereocenters. The molecular weight excluding hydrogens is 267 g/mol. The van der Waals surface area contributed by atoms with E-state index in [1.807, 2.05) is 6.92 Å². The van der Waals surface area contributed by atoms with Crippen LogP contribution in [0, 0.1) is 3.57 Å². The summed E-state index contributed by atoms with van der Waals surface area (Å²) in [5.41, 5.74) is 0. The van der Waals surface area contributed by atoms with Crippen molar-refractivity contribution in [3.63, 3.8) is 0 Å². The van der Waals surface area contributed by atoms with Crippen LogP contribution in [0.15, 0.2) is 12.5 Å². The fraction of sp³-hybridized carbons (Fsp3) is 0.500. The van der Waals surface area contributed by atoms with Crippen LogP contribution in [0.1, 0.15) is 20.3 Å². The highest BCUT2D eigenvalue weighted by Gasteiger charge is 2.05. The largest absolute Gasteiger partial charge is 0.474 e. The Hall–Kier alpha value is -0.390. The quantitative estimate of drug-likeness (QED) is 0.795. The molecule has 3 nitrogen and oxygen atoms in total. The fourth-order valence-electron chi connectivity index (χ4n) is 0.662. The Labute approximate surface area is 85.7 Å². The van der Waals surface area contributed by atoms with Crippen molar-refractivity contribution in [2.45, 2.75) is 26.4 Å². The zero-order chi connectivity index (χ0) is 8.97. The van der Waals surface area contributed by atoms with Gasteiger partial charge in [-0.1, -0.05) is 6.92 Å². The van der Waals surface area contributed by atoms with Crippen molar-refractivity contribution < 1.29 is 4.74 Å². The minimum Gasteiger partial charge on any atom is -0.474 e. The van der Waals surface area contributed by atoms with Crippen molar-refractivity contribution in [1.29, 1.82) is 0 Å². The average Bonchev–Trinajstić information content (AvgIpc) is 2.09. The molecule has 0 saturated heterocycles. The molecular formula is C8H11IN2O. The Kier molecular flexibility index (Phi) is 3.71. The average molecular weight is 278 g/mol. The van der Waals surface area contributed by atoms with Gasteiger partial charge in [-0.05, 0) is 35.9 Å². The van der Waals surface area contributed by atoms with Gasteiger partial charge in [0.05, 0.1) is 9.67 Å². The van der Waals surface area contributed by atoms with Gasteiger partial charge >= 0.3 is 0 Å². The number of hydrogen-bond acceptors (Lipinski definition) is 3. The fourth-order valence-corrected chi connectivity index (χ4v) is 1.09. The zero-order valence-electron chi connectivity index (χ0n) is 7.12. The van der Waals surface area contributed by atoms with Crippen LogP contribution in [0.3, 0.4) is 0 Å². The molecule has 1 aromatic rings. The van der Waals surface area contributed by atoms with Gasteiger partial charge in [-0.15, -0.1) is 0 Å². The van der Waals surface area contributed by atoms with Crippen LogP contribution in [0.25, 0.3) is 0 Å². The van der Waals surface area contributed by atoms with Gasteiger partial charge in [0.15, 0.2) is 0 Å². The molecule has 1 aromatic heterocycles. The van der Waals surface area contributed by atoms with Crippen molar-refractivity contribution in [1.82, 2.24) is 9.97 Å². The Morgan fingerprint density at radius 3 is 3.00 bits per heavy atom. The van der Waals surface area contributed by atoms with Crippen LogP contribution < -0.4 is 4.74 Å². The van der Waals surface area contributed by atoms with Gasteiger partial charge in [0.1, 0.15) is 6.33 Å². The maximum atomic E-state index is 5.54. The zero-order valence-corrected chi connectivity index (χ0v) is 9.28. The van der Waals surface area contributed by atoms with Crippen LogP contribution in [0.5, 0.6) is 5.88 Å². The van der Waals surface area contributed by atoms with E-state index in [-0.39, 0.29) is 6.10 Å². The summed E-state index contributed by atoms with van der Waals surface area (Å²) in [6.45, 7) is 4.11. The molecule has 1 unspecified atom stereocenters. The first-order valence-corrected chi connectivity index (χ1v) is 4.94. The predicted molar refractivity (Wildman–Crippen MR) is 55.1 cm³/mol. The van der Waals surface area contributed by atoms with Crippen LogP contribution in [-0.2, 0) is 0 Å². The van der Waals surface area contributed by atoms with Crippen LogP contribution in [0.4, 0.5) is 0 Å². The number of nitrogens with zero attached hydrogens (tertiary/aromatic N) is 2. The lowest BCUT2D eigenvalue weighted by molar-refractivity contribution is 0.206. The molecule has 1 heterocycles. The Balaban J connectivity index is 2.69. The van der Waals surface area contributed by atoms with Gasteiger partial charge in [-0.3, -0.25) is 0 Å². The highest BCUT2D eigenvalue weighted by atomic mass is 127. The number of hydrogen-bond donors (Lipinski definition) is 0. The monoisotopic (exact) mass is 278 g/mol. The lowest BCUT2D eigenvalue weighted by Gasteiger charge is -2.11. The maximum absolute atomic E-state index is 5.54. The van der Waals surface area contributed by atoms with Crippen molar-refractivity contribution >= 4 is 22.6 Å². The third-order valence-corrected chi connectivity index (χ3v) is 2.26. The van der Waals surface area contributed by atoms with E-state index in [0.717, 1.165) is 9.99 Å². The molecule has 4 heteroatoms. The van der Waals surface area contributed by atoms with Crippen LogP contribution in [0.2, 0.25) is 0 Å². The summed E-state index contributed by atoms with van der Waals surface area (Å²) in [7, 11) is 0. The molecule has 0 aromatic carbocycles. The number of ether oxygens (including phenoxy) is 1. The summed E-state index contributed by atoms with van der Waals surface area (Å²) in [5, 5.41) is 0. The van der Waals surface area contributed by atoms with Crippen LogP contribution in [-0.4, -0.2) is 16.1 Å². The molecule has 0 bridgehead atoms. The highest BCUT2D eigenvalue weighted by Crippen LogP contribution is 2.16. The van der Waals surface area contributed by atoms with Gasteiger partial charge in [0.2, 0.25) is 5.88 Å². The molecule has 0 aliphatic rings. The van der Waals surface area contributed by atoms with E-state index in [9.17, 15) is 0 Å². The summed E-state index contributed by atoms with van der Waals surface area (Å²) in [5.74, 6) is 0.681. The first-order chi connectivity index (χ1) is 5.74. The lowest BCUT2D eigenvalue weighted by Crippen LogP contribution is -2.11. The van der Waals surface area contributed by atoms with Gasteiger partial charge in [-0.25, -0.2) is 9.97 Å². The van der Waals surface area contributed by atoms with Crippen molar-refractivity contribution in [2.75, 3.05) is 0 Å². The first-order valence-electron chi connectivity index (χ1n) is 3.86. The first kappa shape index (κ1) is 9.70.